The van der Waals surface area contributed by atoms with Crippen LogP contribution in [0.25, 0.3) is 0 Å². The SMILES string of the molecule is CC1Oc2ccc(NC(=O)CC3COCCN3)cc2NC1=O. The Morgan fingerprint density at radius 3 is 3.09 bits per heavy atom. The van der Waals surface area contributed by atoms with Gasteiger partial charge in [-0.25, -0.2) is 0 Å². The molecule has 1 fully saturated rings. The molecule has 0 bridgehead atoms. The zero-order valence-electron chi connectivity index (χ0n) is 12.3. The Balaban J connectivity index is 1.62. The Labute approximate surface area is 128 Å². The fourth-order valence-corrected chi connectivity index (χ4v) is 2.47. The van der Waals surface area contributed by atoms with E-state index in [9.17, 15) is 9.59 Å². The van der Waals surface area contributed by atoms with E-state index in [0.29, 0.717) is 36.8 Å². The van der Waals surface area contributed by atoms with Crippen LogP contribution in [-0.2, 0) is 14.3 Å². The number of ether oxygens (including phenoxy) is 2. The standard InChI is InChI=1S/C15H19N3O4/c1-9-15(20)18-12-6-10(2-3-13(12)22-9)17-14(19)7-11-8-21-5-4-16-11/h2-3,6,9,11,16H,4-5,7-8H2,1H3,(H,17,19)(H,18,20). The summed E-state index contributed by atoms with van der Waals surface area (Å²) in [5, 5.41) is 8.81. The van der Waals surface area contributed by atoms with E-state index in [4.69, 9.17) is 9.47 Å². The first-order valence-corrected chi connectivity index (χ1v) is 7.34. The Morgan fingerprint density at radius 2 is 2.32 bits per heavy atom. The molecular formula is C15H19N3O4. The van der Waals surface area contributed by atoms with Crippen molar-refractivity contribution in [3.05, 3.63) is 18.2 Å². The van der Waals surface area contributed by atoms with Crippen LogP contribution in [0.3, 0.4) is 0 Å². The predicted octanol–water partition coefficient (Wildman–Crippen LogP) is 0.723. The summed E-state index contributed by atoms with van der Waals surface area (Å²) in [4.78, 5) is 23.6. The highest BCUT2D eigenvalue weighted by atomic mass is 16.5. The van der Waals surface area contributed by atoms with Crippen molar-refractivity contribution in [1.29, 1.82) is 0 Å². The van der Waals surface area contributed by atoms with Gasteiger partial charge in [-0.3, -0.25) is 9.59 Å². The van der Waals surface area contributed by atoms with Crippen molar-refractivity contribution in [2.45, 2.75) is 25.5 Å². The number of morpholine rings is 1. The molecule has 1 aromatic carbocycles. The first kappa shape index (κ1) is 14.8. The fraction of sp³-hybridized carbons (Fsp3) is 0.467. The molecule has 0 aromatic heterocycles. The monoisotopic (exact) mass is 305 g/mol. The van der Waals surface area contributed by atoms with Crippen molar-refractivity contribution in [2.75, 3.05) is 30.4 Å². The van der Waals surface area contributed by atoms with Crippen LogP contribution in [0.15, 0.2) is 18.2 Å². The molecular weight excluding hydrogens is 286 g/mol. The van der Waals surface area contributed by atoms with Crippen LogP contribution in [0, 0.1) is 0 Å². The van der Waals surface area contributed by atoms with Gasteiger partial charge in [0.2, 0.25) is 5.91 Å². The number of hydrogen-bond acceptors (Lipinski definition) is 5. The van der Waals surface area contributed by atoms with E-state index in [2.05, 4.69) is 16.0 Å². The van der Waals surface area contributed by atoms with E-state index in [1.165, 1.54) is 0 Å². The number of carbonyl (C=O) groups excluding carboxylic acids is 2. The average molecular weight is 305 g/mol. The zero-order valence-corrected chi connectivity index (χ0v) is 12.3. The van der Waals surface area contributed by atoms with Gasteiger partial charge in [-0.15, -0.1) is 0 Å². The van der Waals surface area contributed by atoms with Crippen LogP contribution in [0.1, 0.15) is 13.3 Å². The van der Waals surface area contributed by atoms with Gasteiger partial charge in [0.15, 0.2) is 6.10 Å². The van der Waals surface area contributed by atoms with Gasteiger partial charge in [-0.2, -0.15) is 0 Å². The van der Waals surface area contributed by atoms with Crippen molar-refractivity contribution in [1.82, 2.24) is 5.32 Å². The van der Waals surface area contributed by atoms with Gasteiger partial charge < -0.3 is 25.4 Å². The van der Waals surface area contributed by atoms with Crippen LogP contribution >= 0.6 is 0 Å². The highest BCUT2D eigenvalue weighted by Crippen LogP contribution is 2.32. The summed E-state index contributed by atoms with van der Waals surface area (Å²) < 4.78 is 10.8. The van der Waals surface area contributed by atoms with Crippen molar-refractivity contribution in [3.8, 4) is 5.75 Å². The van der Waals surface area contributed by atoms with Gasteiger partial charge >= 0.3 is 0 Å². The Kier molecular flexibility index (Phi) is 4.26. The summed E-state index contributed by atoms with van der Waals surface area (Å²) >= 11 is 0. The lowest BCUT2D eigenvalue weighted by molar-refractivity contribution is -0.122. The minimum atomic E-state index is -0.509. The molecule has 2 aliphatic rings. The molecule has 2 unspecified atom stereocenters. The summed E-state index contributed by atoms with van der Waals surface area (Å²) in [6.45, 7) is 3.67. The minimum absolute atomic E-state index is 0.0373. The van der Waals surface area contributed by atoms with Crippen LogP contribution in [0.5, 0.6) is 5.75 Å². The topological polar surface area (TPSA) is 88.7 Å². The summed E-state index contributed by atoms with van der Waals surface area (Å²) in [7, 11) is 0. The number of amides is 2. The van der Waals surface area contributed by atoms with Crippen molar-refractivity contribution < 1.29 is 19.1 Å². The van der Waals surface area contributed by atoms with Crippen molar-refractivity contribution >= 4 is 23.2 Å². The zero-order chi connectivity index (χ0) is 15.5. The fourth-order valence-electron chi connectivity index (χ4n) is 2.47. The van der Waals surface area contributed by atoms with Gasteiger partial charge in [0.1, 0.15) is 5.75 Å². The van der Waals surface area contributed by atoms with E-state index in [1.54, 1.807) is 25.1 Å². The Morgan fingerprint density at radius 1 is 1.45 bits per heavy atom. The summed E-state index contributed by atoms with van der Waals surface area (Å²) in [5.41, 5.74) is 1.19. The lowest BCUT2D eigenvalue weighted by Gasteiger charge is -2.24. The van der Waals surface area contributed by atoms with E-state index in [1.807, 2.05) is 0 Å². The first-order chi connectivity index (χ1) is 10.6. The molecule has 0 saturated carbocycles. The number of anilines is 2. The number of fused-ring (bicyclic) bond motifs is 1. The van der Waals surface area contributed by atoms with Crippen molar-refractivity contribution in [3.63, 3.8) is 0 Å². The summed E-state index contributed by atoms with van der Waals surface area (Å²) in [5.74, 6) is 0.311. The molecule has 1 aromatic rings. The second kappa shape index (κ2) is 6.33. The maximum absolute atomic E-state index is 12.0. The highest BCUT2D eigenvalue weighted by Gasteiger charge is 2.24. The van der Waals surface area contributed by atoms with E-state index in [0.717, 1.165) is 6.54 Å². The number of benzene rings is 1. The molecule has 22 heavy (non-hydrogen) atoms. The molecule has 2 heterocycles. The number of nitrogens with one attached hydrogen (secondary N) is 3. The lowest BCUT2D eigenvalue weighted by Crippen LogP contribution is -2.43. The predicted molar refractivity (Wildman–Crippen MR) is 81.0 cm³/mol. The molecule has 2 aliphatic heterocycles. The average Bonchev–Trinajstić information content (AvgIpc) is 2.49. The molecule has 3 rings (SSSR count). The largest absolute Gasteiger partial charge is 0.479 e. The van der Waals surface area contributed by atoms with Crippen LogP contribution < -0.4 is 20.7 Å². The number of carbonyl (C=O) groups is 2. The van der Waals surface area contributed by atoms with Gasteiger partial charge in [0.05, 0.1) is 18.9 Å². The van der Waals surface area contributed by atoms with Gasteiger partial charge in [-0.05, 0) is 25.1 Å². The molecule has 3 N–H and O–H groups in total. The first-order valence-electron chi connectivity index (χ1n) is 7.34. The van der Waals surface area contributed by atoms with Crippen molar-refractivity contribution in [2.24, 2.45) is 0 Å². The van der Waals surface area contributed by atoms with E-state index >= 15 is 0 Å². The van der Waals surface area contributed by atoms with Crippen LogP contribution in [0.4, 0.5) is 11.4 Å². The normalized spacial score (nSPS) is 24.0. The minimum Gasteiger partial charge on any atom is -0.479 e. The molecule has 7 nitrogen and oxygen atoms in total. The summed E-state index contributed by atoms with van der Waals surface area (Å²) in [6.07, 6.45) is -0.165. The van der Waals surface area contributed by atoms with Gasteiger partial charge in [0.25, 0.3) is 5.91 Å². The number of rotatable bonds is 3. The van der Waals surface area contributed by atoms with E-state index < -0.39 is 6.10 Å². The number of hydrogen-bond donors (Lipinski definition) is 3. The Bertz CT molecular complexity index is 584. The smallest absolute Gasteiger partial charge is 0.265 e. The molecule has 2 amide bonds. The second-order valence-electron chi connectivity index (χ2n) is 5.44. The molecule has 0 radical (unpaired) electrons. The third kappa shape index (κ3) is 3.37. The molecule has 0 aliphatic carbocycles. The maximum Gasteiger partial charge on any atom is 0.265 e. The molecule has 0 spiro atoms. The third-order valence-electron chi connectivity index (χ3n) is 3.62. The van der Waals surface area contributed by atoms with Gasteiger partial charge in [0, 0.05) is 24.7 Å². The molecule has 7 heteroatoms. The molecule has 2 atom stereocenters. The summed E-state index contributed by atoms with van der Waals surface area (Å²) in [6, 6.07) is 5.23. The lowest BCUT2D eigenvalue weighted by atomic mass is 10.1. The van der Waals surface area contributed by atoms with E-state index in [-0.39, 0.29) is 17.9 Å². The Hall–Kier alpha value is -2.12. The van der Waals surface area contributed by atoms with Crippen LogP contribution in [-0.4, -0.2) is 43.7 Å². The van der Waals surface area contributed by atoms with Crippen LogP contribution in [0.2, 0.25) is 0 Å². The third-order valence-corrected chi connectivity index (χ3v) is 3.62. The highest BCUT2D eigenvalue weighted by molar-refractivity contribution is 5.99. The maximum atomic E-state index is 12.0. The second-order valence-corrected chi connectivity index (χ2v) is 5.44. The quantitative estimate of drug-likeness (QED) is 0.766. The molecule has 118 valence electrons. The molecule has 1 saturated heterocycles. The van der Waals surface area contributed by atoms with Gasteiger partial charge in [-0.1, -0.05) is 0 Å².